The van der Waals surface area contributed by atoms with Crippen molar-refractivity contribution in [2.45, 2.75) is 12.5 Å². The van der Waals surface area contributed by atoms with Gasteiger partial charge in [0.15, 0.2) is 11.5 Å². The van der Waals surface area contributed by atoms with Crippen molar-refractivity contribution in [1.82, 2.24) is 4.90 Å². The Morgan fingerprint density at radius 1 is 1.10 bits per heavy atom. The molecule has 31 heavy (non-hydrogen) atoms. The van der Waals surface area contributed by atoms with Gasteiger partial charge in [0, 0.05) is 24.9 Å². The molecule has 0 saturated carbocycles. The van der Waals surface area contributed by atoms with Crippen LogP contribution in [0.4, 0.5) is 0 Å². The third-order valence-corrected chi connectivity index (χ3v) is 5.92. The number of hydrogen-bond donors (Lipinski definition) is 1. The van der Waals surface area contributed by atoms with Crippen LogP contribution in [0.2, 0.25) is 0 Å². The molecule has 0 fully saturated rings. The highest BCUT2D eigenvalue weighted by Crippen LogP contribution is 2.43. The van der Waals surface area contributed by atoms with E-state index in [4.69, 9.17) is 14.2 Å². The average Bonchev–Trinajstić information content (AvgIpc) is 3.48. The number of carboxylic acids is 1. The first kappa shape index (κ1) is 20.7. The van der Waals surface area contributed by atoms with Crippen LogP contribution in [0.1, 0.15) is 38.1 Å². The number of carbonyl (C=O) groups is 2. The Morgan fingerprint density at radius 3 is 2.65 bits per heavy atom. The molecule has 0 aliphatic carbocycles. The minimum Gasteiger partial charge on any atom is -0.481 e. The van der Waals surface area contributed by atoms with E-state index < -0.39 is 5.97 Å². The molecule has 1 unspecified atom stereocenters. The Morgan fingerprint density at radius 2 is 1.90 bits per heavy atom. The maximum absolute atomic E-state index is 12.9. The number of hydrogen-bond acceptors (Lipinski definition) is 6. The monoisotopic (exact) mass is 439 g/mol. The van der Waals surface area contributed by atoms with Crippen LogP contribution < -0.4 is 14.2 Å². The maximum atomic E-state index is 12.9. The summed E-state index contributed by atoms with van der Waals surface area (Å²) in [5.41, 5.74) is 0.153. The SMILES string of the molecule is CN(CCC(Oc1cccc2c1OCO2)c1cccs1)C(=O)c1ccccc1C(=O)O. The number of carbonyl (C=O) groups excluding carboxylic acids is 1. The van der Waals surface area contributed by atoms with Crippen LogP contribution in [-0.2, 0) is 0 Å². The third kappa shape index (κ3) is 4.49. The standard InChI is InChI=1S/C23H21NO6S/c1-24(22(25)15-6-2-3-7-16(15)23(26)27)12-11-17(20-10-5-13-31-20)30-19-9-4-8-18-21(19)29-14-28-18/h2-10,13,17H,11-12,14H2,1H3,(H,26,27). The lowest BCUT2D eigenvalue weighted by Crippen LogP contribution is -2.30. The van der Waals surface area contributed by atoms with Gasteiger partial charge in [-0.15, -0.1) is 11.3 Å². The quantitative estimate of drug-likeness (QED) is 0.558. The maximum Gasteiger partial charge on any atom is 0.336 e. The molecule has 0 spiro atoms. The van der Waals surface area contributed by atoms with Gasteiger partial charge in [-0.2, -0.15) is 0 Å². The normalized spacial score (nSPS) is 12.9. The van der Waals surface area contributed by atoms with E-state index in [-0.39, 0.29) is 29.9 Å². The van der Waals surface area contributed by atoms with Crippen molar-refractivity contribution >= 4 is 23.2 Å². The van der Waals surface area contributed by atoms with Gasteiger partial charge in [0.25, 0.3) is 5.91 Å². The van der Waals surface area contributed by atoms with E-state index in [1.54, 1.807) is 30.5 Å². The van der Waals surface area contributed by atoms with Gasteiger partial charge in [-0.05, 0) is 35.7 Å². The summed E-state index contributed by atoms with van der Waals surface area (Å²) in [7, 11) is 1.66. The molecule has 3 aromatic rings. The second-order valence-corrected chi connectivity index (χ2v) is 7.96. The lowest BCUT2D eigenvalue weighted by atomic mass is 10.1. The molecule has 1 aromatic heterocycles. The van der Waals surface area contributed by atoms with E-state index in [0.717, 1.165) is 4.88 Å². The smallest absolute Gasteiger partial charge is 0.336 e. The van der Waals surface area contributed by atoms with Crippen molar-refractivity contribution < 1.29 is 28.9 Å². The number of fused-ring (bicyclic) bond motifs is 1. The summed E-state index contributed by atoms with van der Waals surface area (Å²) in [6, 6.07) is 15.6. The third-order valence-electron chi connectivity index (χ3n) is 4.95. The Hall–Kier alpha value is -3.52. The number of amides is 1. The van der Waals surface area contributed by atoms with Crippen molar-refractivity contribution in [2.24, 2.45) is 0 Å². The molecule has 0 saturated heterocycles. The second kappa shape index (κ2) is 9.09. The van der Waals surface area contributed by atoms with Gasteiger partial charge >= 0.3 is 5.97 Å². The Balaban J connectivity index is 1.49. The minimum atomic E-state index is -1.13. The summed E-state index contributed by atoms with van der Waals surface area (Å²) in [5, 5.41) is 11.3. The molecule has 2 heterocycles. The minimum absolute atomic E-state index is 0.0117. The van der Waals surface area contributed by atoms with Crippen LogP contribution in [0, 0.1) is 0 Å². The van der Waals surface area contributed by atoms with E-state index in [1.807, 2.05) is 35.7 Å². The Bertz CT molecular complexity index is 1080. The number of thiophene rings is 1. The highest BCUT2D eigenvalue weighted by atomic mass is 32.1. The molecule has 4 rings (SSSR count). The molecule has 0 radical (unpaired) electrons. The Kier molecular flexibility index (Phi) is 6.08. The summed E-state index contributed by atoms with van der Waals surface area (Å²) in [5.74, 6) is 0.319. The molecular weight excluding hydrogens is 418 g/mol. The van der Waals surface area contributed by atoms with E-state index in [2.05, 4.69) is 0 Å². The fourth-order valence-corrected chi connectivity index (χ4v) is 4.15. The van der Waals surface area contributed by atoms with Crippen LogP contribution in [0.5, 0.6) is 17.2 Å². The second-order valence-electron chi connectivity index (χ2n) is 6.98. The number of aromatic carboxylic acids is 1. The first-order valence-electron chi connectivity index (χ1n) is 9.71. The number of para-hydroxylation sites is 1. The van der Waals surface area contributed by atoms with E-state index >= 15 is 0 Å². The zero-order chi connectivity index (χ0) is 21.8. The van der Waals surface area contributed by atoms with E-state index in [9.17, 15) is 14.7 Å². The van der Waals surface area contributed by atoms with Crippen LogP contribution in [-0.4, -0.2) is 42.3 Å². The summed E-state index contributed by atoms with van der Waals surface area (Å²) in [6.07, 6.45) is 0.211. The van der Waals surface area contributed by atoms with Gasteiger partial charge in [0.1, 0.15) is 6.10 Å². The first-order chi connectivity index (χ1) is 15.0. The predicted octanol–water partition coefficient (Wildman–Crippen LogP) is 4.46. The lowest BCUT2D eigenvalue weighted by Gasteiger charge is -2.23. The summed E-state index contributed by atoms with van der Waals surface area (Å²) < 4.78 is 17.2. The molecular formula is C23H21NO6S. The highest BCUT2D eigenvalue weighted by Gasteiger charge is 2.24. The lowest BCUT2D eigenvalue weighted by molar-refractivity contribution is 0.0678. The van der Waals surface area contributed by atoms with E-state index in [0.29, 0.717) is 30.2 Å². The first-order valence-corrected chi connectivity index (χ1v) is 10.6. The molecule has 1 aliphatic rings. The summed E-state index contributed by atoms with van der Waals surface area (Å²) >= 11 is 1.57. The number of nitrogens with zero attached hydrogens (tertiary/aromatic N) is 1. The summed E-state index contributed by atoms with van der Waals surface area (Å²) in [4.78, 5) is 26.9. The topological polar surface area (TPSA) is 85.3 Å². The molecule has 2 aromatic carbocycles. The number of ether oxygens (including phenoxy) is 3. The molecule has 1 N–H and O–H groups in total. The molecule has 160 valence electrons. The van der Waals surface area contributed by atoms with Gasteiger partial charge in [-0.1, -0.05) is 24.3 Å². The van der Waals surface area contributed by atoms with Gasteiger partial charge in [-0.3, -0.25) is 4.79 Å². The van der Waals surface area contributed by atoms with Gasteiger partial charge in [-0.25, -0.2) is 4.79 Å². The molecule has 1 amide bonds. The van der Waals surface area contributed by atoms with Gasteiger partial charge < -0.3 is 24.2 Å². The van der Waals surface area contributed by atoms with Crippen LogP contribution in [0.3, 0.4) is 0 Å². The van der Waals surface area contributed by atoms with Crippen LogP contribution in [0.25, 0.3) is 0 Å². The average molecular weight is 439 g/mol. The van der Waals surface area contributed by atoms with Crippen molar-refractivity contribution in [2.75, 3.05) is 20.4 Å². The number of carboxylic acid groups (broad SMARTS) is 1. The largest absolute Gasteiger partial charge is 0.481 e. The van der Waals surface area contributed by atoms with Gasteiger partial charge in [0.05, 0.1) is 11.1 Å². The predicted molar refractivity (Wildman–Crippen MR) is 115 cm³/mol. The van der Waals surface area contributed by atoms with Crippen LogP contribution >= 0.6 is 11.3 Å². The zero-order valence-electron chi connectivity index (χ0n) is 16.8. The van der Waals surface area contributed by atoms with Crippen molar-refractivity contribution in [1.29, 1.82) is 0 Å². The van der Waals surface area contributed by atoms with Gasteiger partial charge in [0.2, 0.25) is 12.5 Å². The fraction of sp³-hybridized carbons (Fsp3) is 0.217. The highest BCUT2D eigenvalue weighted by molar-refractivity contribution is 7.10. The summed E-state index contributed by atoms with van der Waals surface area (Å²) in [6.45, 7) is 0.529. The van der Waals surface area contributed by atoms with Crippen molar-refractivity contribution in [3.8, 4) is 17.2 Å². The zero-order valence-corrected chi connectivity index (χ0v) is 17.6. The molecule has 1 atom stereocenters. The van der Waals surface area contributed by atoms with Crippen molar-refractivity contribution in [3.05, 3.63) is 76.0 Å². The molecule has 8 heteroatoms. The molecule has 7 nitrogen and oxygen atoms in total. The van der Waals surface area contributed by atoms with Crippen molar-refractivity contribution in [3.63, 3.8) is 0 Å². The molecule has 0 bridgehead atoms. The number of rotatable bonds is 8. The molecule has 1 aliphatic heterocycles. The fourth-order valence-electron chi connectivity index (χ4n) is 3.36. The Labute approximate surface area is 183 Å². The van der Waals surface area contributed by atoms with Crippen LogP contribution in [0.15, 0.2) is 60.0 Å². The number of benzene rings is 2. The van der Waals surface area contributed by atoms with E-state index in [1.165, 1.54) is 17.0 Å².